The van der Waals surface area contributed by atoms with E-state index in [2.05, 4.69) is 11.4 Å². The summed E-state index contributed by atoms with van der Waals surface area (Å²) in [5.74, 6) is 0.0147. The Morgan fingerprint density at radius 2 is 1.85 bits per heavy atom. The minimum absolute atomic E-state index is 0.129. The Hall–Kier alpha value is -2.38. The minimum Gasteiger partial charge on any atom is -0.495 e. The van der Waals surface area contributed by atoms with Gasteiger partial charge in [0.1, 0.15) is 10.6 Å². The summed E-state index contributed by atoms with van der Waals surface area (Å²) in [5, 5.41) is 8.16. The van der Waals surface area contributed by atoms with Crippen LogP contribution in [0.15, 0.2) is 47.4 Å². The Morgan fingerprint density at radius 3 is 2.44 bits per heavy atom. The van der Waals surface area contributed by atoms with Crippen LogP contribution in [0, 0.1) is 6.92 Å². The van der Waals surface area contributed by atoms with Gasteiger partial charge in [0, 0.05) is 5.69 Å². The standard InChI is InChI=1S/C20H24N2O4S/c1-14-6-5-7-15(12-14)20(10-3-4-11-20)19(23)22-16-8-9-17(26-2)18(13-16)27(21,24)25/h5-9,12-13H,3-4,10-11H2,1-2H3,(H,22,23)(H2,21,24,25). The molecule has 27 heavy (non-hydrogen) atoms. The number of benzene rings is 2. The minimum atomic E-state index is -3.97. The van der Waals surface area contributed by atoms with Crippen LogP contribution in [-0.2, 0) is 20.2 Å². The van der Waals surface area contributed by atoms with E-state index in [0.29, 0.717) is 5.69 Å². The average molecular weight is 388 g/mol. The molecular formula is C20H24N2O4S. The zero-order valence-corrected chi connectivity index (χ0v) is 16.3. The van der Waals surface area contributed by atoms with Gasteiger partial charge in [-0.15, -0.1) is 0 Å². The van der Waals surface area contributed by atoms with Gasteiger partial charge in [0.25, 0.3) is 0 Å². The van der Waals surface area contributed by atoms with Crippen molar-refractivity contribution in [2.75, 3.05) is 12.4 Å². The number of rotatable bonds is 5. The van der Waals surface area contributed by atoms with Gasteiger partial charge in [-0.1, -0.05) is 42.7 Å². The first-order valence-electron chi connectivity index (χ1n) is 8.86. The maximum atomic E-state index is 13.2. The molecule has 0 spiro atoms. The van der Waals surface area contributed by atoms with E-state index in [9.17, 15) is 13.2 Å². The Kier molecular flexibility index (Phi) is 5.26. The molecule has 7 heteroatoms. The fraction of sp³-hybridized carbons (Fsp3) is 0.350. The molecule has 6 nitrogen and oxygen atoms in total. The third kappa shape index (κ3) is 3.84. The van der Waals surface area contributed by atoms with Crippen LogP contribution in [0.3, 0.4) is 0 Å². The van der Waals surface area contributed by atoms with Gasteiger partial charge in [0.15, 0.2) is 0 Å². The molecule has 1 fully saturated rings. The summed E-state index contributed by atoms with van der Waals surface area (Å²) in [4.78, 5) is 13.1. The number of carbonyl (C=O) groups excluding carboxylic acids is 1. The first kappa shape index (κ1) is 19.4. The molecule has 1 aliphatic carbocycles. The molecule has 0 radical (unpaired) electrons. The number of amides is 1. The monoisotopic (exact) mass is 388 g/mol. The van der Waals surface area contributed by atoms with E-state index in [-0.39, 0.29) is 16.6 Å². The lowest BCUT2D eigenvalue weighted by Gasteiger charge is -2.29. The third-order valence-electron chi connectivity index (χ3n) is 5.19. The quantitative estimate of drug-likeness (QED) is 0.822. The van der Waals surface area contributed by atoms with E-state index in [4.69, 9.17) is 9.88 Å². The zero-order chi connectivity index (χ0) is 19.7. The number of methoxy groups -OCH3 is 1. The summed E-state index contributed by atoms with van der Waals surface area (Å²) in [6.07, 6.45) is 3.49. The summed E-state index contributed by atoms with van der Waals surface area (Å²) in [5.41, 5.74) is 1.88. The van der Waals surface area contributed by atoms with Gasteiger partial charge in [-0.05, 0) is 43.5 Å². The SMILES string of the molecule is COc1ccc(NC(=O)C2(c3cccc(C)c3)CCCC2)cc1S(N)(=O)=O. The van der Waals surface area contributed by atoms with Gasteiger partial charge in [-0.3, -0.25) is 4.79 Å². The van der Waals surface area contributed by atoms with Crippen molar-refractivity contribution in [1.29, 1.82) is 0 Å². The predicted molar refractivity (Wildman–Crippen MR) is 104 cm³/mol. The molecule has 3 N–H and O–H groups in total. The number of ether oxygens (including phenoxy) is 1. The van der Waals surface area contributed by atoms with Crippen LogP contribution < -0.4 is 15.2 Å². The van der Waals surface area contributed by atoms with Crippen LogP contribution in [-0.4, -0.2) is 21.4 Å². The Labute approximate surface area is 159 Å². The number of aryl methyl sites for hydroxylation is 1. The molecule has 0 bridgehead atoms. The van der Waals surface area contributed by atoms with Crippen LogP contribution in [0.4, 0.5) is 5.69 Å². The first-order valence-corrected chi connectivity index (χ1v) is 10.4. The van der Waals surface area contributed by atoms with Crippen molar-refractivity contribution in [3.8, 4) is 5.75 Å². The molecule has 1 aliphatic rings. The maximum absolute atomic E-state index is 13.2. The van der Waals surface area contributed by atoms with Gasteiger partial charge in [-0.25, -0.2) is 13.6 Å². The Balaban J connectivity index is 1.96. The Bertz CT molecular complexity index is 964. The predicted octanol–water partition coefficient (Wildman–Crippen LogP) is 3.10. The highest BCUT2D eigenvalue weighted by atomic mass is 32.2. The molecule has 0 heterocycles. The number of primary sulfonamides is 1. The molecule has 144 valence electrons. The van der Waals surface area contributed by atoms with Crippen LogP contribution in [0.2, 0.25) is 0 Å². The topological polar surface area (TPSA) is 98.5 Å². The molecule has 0 aliphatic heterocycles. The van der Waals surface area contributed by atoms with Gasteiger partial charge in [-0.2, -0.15) is 0 Å². The van der Waals surface area contributed by atoms with E-state index in [0.717, 1.165) is 36.8 Å². The zero-order valence-electron chi connectivity index (χ0n) is 15.5. The highest BCUT2D eigenvalue weighted by Crippen LogP contribution is 2.42. The smallest absolute Gasteiger partial charge is 0.241 e. The van der Waals surface area contributed by atoms with E-state index in [1.165, 1.54) is 19.2 Å². The summed E-state index contributed by atoms with van der Waals surface area (Å²) in [6, 6.07) is 12.4. The van der Waals surface area contributed by atoms with Crippen LogP contribution in [0.1, 0.15) is 36.8 Å². The first-order chi connectivity index (χ1) is 12.8. The van der Waals surface area contributed by atoms with Crippen molar-refractivity contribution in [3.05, 3.63) is 53.6 Å². The molecule has 0 aromatic heterocycles. The highest BCUT2D eigenvalue weighted by molar-refractivity contribution is 7.89. The second-order valence-corrected chi connectivity index (χ2v) is 8.55. The molecular weight excluding hydrogens is 364 g/mol. The summed E-state index contributed by atoms with van der Waals surface area (Å²) in [7, 11) is -2.60. The third-order valence-corrected chi connectivity index (χ3v) is 6.12. The molecule has 1 amide bonds. The highest BCUT2D eigenvalue weighted by Gasteiger charge is 2.42. The maximum Gasteiger partial charge on any atom is 0.241 e. The number of anilines is 1. The van der Waals surface area contributed by atoms with E-state index < -0.39 is 15.4 Å². The number of nitrogens with one attached hydrogen (secondary N) is 1. The molecule has 0 saturated heterocycles. The van der Waals surface area contributed by atoms with Gasteiger partial charge in [0.2, 0.25) is 15.9 Å². The van der Waals surface area contributed by atoms with Gasteiger partial charge in [0.05, 0.1) is 12.5 Å². The summed E-state index contributed by atoms with van der Waals surface area (Å²) >= 11 is 0. The van der Waals surface area contributed by atoms with Crippen molar-refractivity contribution in [3.63, 3.8) is 0 Å². The lowest BCUT2D eigenvalue weighted by atomic mass is 9.77. The molecule has 3 rings (SSSR count). The largest absolute Gasteiger partial charge is 0.495 e. The number of sulfonamides is 1. The van der Waals surface area contributed by atoms with Crippen molar-refractivity contribution < 1.29 is 17.9 Å². The normalized spacial score (nSPS) is 16.1. The molecule has 1 saturated carbocycles. The Morgan fingerprint density at radius 1 is 1.15 bits per heavy atom. The summed E-state index contributed by atoms with van der Waals surface area (Å²) < 4.78 is 28.7. The van der Waals surface area contributed by atoms with Gasteiger partial charge >= 0.3 is 0 Å². The fourth-order valence-corrected chi connectivity index (χ4v) is 4.52. The second kappa shape index (κ2) is 7.32. The van der Waals surface area contributed by atoms with E-state index >= 15 is 0 Å². The molecule has 0 atom stereocenters. The molecule has 2 aromatic carbocycles. The number of hydrogen-bond donors (Lipinski definition) is 2. The second-order valence-electron chi connectivity index (χ2n) is 7.02. The van der Waals surface area contributed by atoms with Crippen molar-refractivity contribution >= 4 is 21.6 Å². The van der Waals surface area contributed by atoms with Crippen molar-refractivity contribution in [1.82, 2.24) is 0 Å². The summed E-state index contributed by atoms with van der Waals surface area (Å²) in [6.45, 7) is 2.01. The average Bonchev–Trinajstić information content (AvgIpc) is 3.12. The lowest BCUT2D eigenvalue weighted by molar-refractivity contribution is -0.121. The molecule has 0 unspecified atom stereocenters. The lowest BCUT2D eigenvalue weighted by Crippen LogP contribution is -2.38. The number of carbonyl (C=O) groups is 1. The van der Waals surface area contributed by atoms with Crippen LogP contribution in [0.5, 0.6) is 5.75 Å². The van der Waals surface area contributed by atoms with Crippen LogP contribution in [0.25, 0.3) is 0 Å². The number of hydrogen-bond acceptors (Lipinski definition) is 4. The number of nitrogens with two attached hydrogens (primary N) is 1. The van der Waals surface area contributed by atoms with Crippen molar-refractivity contribution in [2.24, 2.45) is 5.14 Å². The van der Waals surface area contributed by atoms with E-state index in [1.54, 1.807) is 6.07 Å². The molecule has 2 aromatic rings. The van der Waals surface area contributed by atoms with Crippen LogP contribution >= 0.6 is 0 Å². The van der Waals surface area contributed by atoms with E-state index in [1.807, 2.05) is 25.1 Å². The van der Waals surface area contributed by atoms with Gasteiger partial charge < -0.3 is 10.1 Å². The van der Waals surface area contributed by atoms with Crippen molar-refractivity contribution in [2.45, 2.75) is 42.9 Å². The fourth-order valence-electron chi connectivity index (χ4n) is 3.80.